The van der Waals surface area contributed by atoms with Gasteiger partial charge in [0.25, 0.3) is 0 Å². The molecule has 0 spiro atoms. The van der Waals surface area contributed by atoms with Crippen LogP contribution in [0.4, 0.5) is 11.4 Å². The molecule has 0 bridgehead atoms. The number of hydrogen-bond acceptors (Lipinski definition) is 4. The van der Waals surface area contributed by atoms with Gasteiger partial charge in [-0.05, 0) is 71.6 Å². The van der Waals surface area contributed by atoms with E-state index in [1.54, 1.807) is 13.8 Å². The molecule has 1 aromatic rings. The van der Waals surface area contributed by atoms with Crippen molar-refractivity contribution in [3.05, 3.63) is 42.1 Å². The second-order valence-corrected chi connectivity index (χ2v) is 11.3. The third-order valence-corrected chi connectivity index (χ3v) is 5.47. The topological polar surface area (TPSA) is 52.6 Å². The van der Waals surface area contributed by atoms with E-state index in [4.69, 9.17) is 0 Å². The Labute approximate surface area is 208 Å². The van der Waals surface area contributed by atoms with Gasteiger partial charge in [0.05, 0.1) is 11.4 Å². The van der Waals surface area contributed by atoms with Crippen molar-refractivity contribution in [1.29, 1.82) is 0 Å². The Kier molecular flexibility index (Phi) is 16.8. The fraction of sp³-hybridized carbons (Fsp3) is 0.607. The summed E-state index contributed by atoms with van der Waals surface area (Å²) >= 11 is 1.36. The largest absolute Gasteiger partial charge is 0.480 e. The highest BCUT2D eigenvalue weighted by atomic mass is 32.2. The van der Waals surface area contributed by atoms with Gasteiger partial charge in [0.1, 0.15) is 4.75 Å². The number of rotatable bonds is 10. The fourth-order valence-corrected chi connectivity index (χ4v) is 3.66. The highest BCUT2D eigenvalue weighted by molar-refractivity contribution is 8.01. The van der Waals surface area contributed by atoms with E-state index in [1.165, 1.54) is 17.3 Å². The zero-order valence-corrected chi connectivity index (χ0v) is 24.1. The Hall–Kier alpha value is -1.88. The fourth-order valence-electron chi connectivity index (χ4n) is 2.68. The molecule has 2 N–H and O–H groups in total. The molecule has 0 heterocycles. The third-order valence-electron chi connectivity index (χ3n) is 4.29. The lowest BCUT2D eigenvalue weighted by atomic mass is 10.1. The summed E-state index contributed by atoms with van der Waals surface area (Å²) in [5.74, 6) is 0.278. The summed E-state index contributed by atoms with van der Waals surface area (Å²) in [6.45, 7) is 30.4. The first kappa shape index (κ1) is 33.3. The molecular weight excluding hydrogens is 428 g/mol. The zero-order valence-electron chi connectivity index (χ0n) is 23.3. The smallest absolute Gasteiger partial charge is 0.319 e. The molecule has 0 aliphatic rings. The van der Waals surface area contributed by atoms with E-state index < -0.39 is 10.7 Å². The van der Waals surface area contributed by atoms with Gasteiger partial charge in [0.15, 0.2) is 0 Å². The first-order chi connectivity index (χ1) is 15.2. The summed E-state index contributed by atoms with van der Waals surface area (Å²) in [7, 11) is 0. The molecule has 1 aromatic carbocycles. The van der Waals surface area contributed by atoms with Gasteiger partial charge in [-0.1, -0.05) is 59.8 Å². The predicted octanol–water partition coefficient (Wildman–Crippen LogP) is 8.70. The number of aliphatic carboxylic acids is 1. The van der Waals surface area contributed by atoms with Crippen LogP contribution in [-0.2, 0) is 4.79 Å². The minimum Gasteiger partial charge on any atom is -0.480 e. The van der Waals surface area contributed by atoms with E-state index in [0.29, 0.717) is 11.8 Å². The van der Waals surface area contributed by atoms with Crippen molar-refractivity contribution in [2.24, 2.45) is 11.8 Å². The Balaban J connectivity index is 0. The average Bonchev–Trinajstić information content (AvgIpc) is 2.68. The highest BCUT2D eigenvalue weighted by Gasteiger charge is 2.29. The maximum Gasteiger partial charge on any atom is 0.319 e. The molecule has 0 fully saturated rings. The second-order valence-electron chi connectivity index (χ2n) is 9.56. The normalized spacial score (nSPS) is 10.5. The minimum absolute atomic E-state index is 0.548. The molecule has 0 amide bonds. The molecular formula is C28H50N2O2S. The van der Waals surface area contributed by atoms with Crippen LogP contribution in [0.1, 0.15) is 83.1 Å². The van der Waals surface area contributed by atoms with E-state index >= 15 is 0 Å². The average molecular weight is 479 g/mol. The Morgan fingerprint density at radius 1 is 1.12 bits per heavy atom. The van der Waals surface area contributed by atoms with Crippen molar-refractivity contribution < 1.29 is 9.90 Å². The number of hydrogen-bond donors (Lipinski definition) is 2. The molecule has 33 heavy (non-hydrogen) atoms. The molecule has 0 saturated carbocycles. The van der Waals surface area contributed by atoms with E-state index in [-0.39, 0.29) is 0 Å². The van der Waals surface area contributed by atoms with Crippen molar-refractivity contribution in [1.82, 2.24) is 0 Å². The predicted molar refractivity (Wildman–Crippen MR) is 151 cm³/mol. The molecule has 190 valence electrons. The summed E-state index contributed by atoms with van der Waals surface area (Å²) in [4.78, 5) is 14.8. The molecule has 0 aliphatic heterocycles. The summed E-state index contributed by atoms with van der Waals surface area (Å²) in [5, 5.41) is 12.8. The summed E-state index contributed by atoms with van der Waals surface area (Å²) in [6, 6.07) is 6.14. The molecule has 0 radical (unpaired) electrons. The van der Waals surface area contributed by atoms with Gasteiger partial charge < -0.3 is 15.3 Å². The Bertz CT molecular complexity index is 738. The SMILES string of the molecule is C=C(C)Nc1cc(SC(C)(C)C(=O)O)ccc1N(CC(C)C)CC(C)C.CC.CC=C(C)C. The lowest BCUT2D eigenvalue weighted by molar-refractivity contribution is -0.138. The van der Waals surface area contributed by atoms with Gasteiger partial charge in [-0.15, -0.1) is 11.8 Å². The van der Waals surface area contributed by atoms with Crippen molar-refractivity contribution >= 4 is 29.1 Å². The summed E-state index contributed by atoms with van der Waals surface area (Å²) in [6.07, 6.45) is 2.08. The first-order valence-corrected chi connectivity index (χ1v) is 12.8. The molecule has 1 rings (SSSR count). The molecule has 0 unspecified atom stereocenters. The first-order valence-electron chi connectivity index (χ1n) is 12.0. The summed E-state index contributed by atoms with van der Waals surface area (Å²) in [5.41, 5.74) is 4.35. The molecule has 4 nitrogen and oxygen atoms in total. The third kappa shape index (κ3) is 14.8. The summed E-state index contributed by atoms with van der Waals surface area (Å²) < 4.78 is -0.877. The second kappa shape index (κ2) is 16.7. The van der Waals surface area contributed by atoms with Crippen molar-refractivity contribution in [2.75, 3.05) is 23.3 Å². The number of carboxylic acids is 1. The maximum absolute atomic E-state index is 11.4. The van der Waals surface area contributed by atoms with Crippen LogP contribution in [0.15, 0.2) is 47.0 Å². The zero-order chi connectivity index (χ0) is 26.4. The standard InChI is InChI=1S/C21H34N2O2S.C5H10.C2H6/c1-14(2)12-23(13-15(3)4)19-10-9-17(11-18(19)22-16(5)6)26-21(7,8)20(24)25;1-4-5(2)3;1-2/h9-11,14-15,22H,5,12-13H2,1-4,6-8H3,(H,24,25);4H,1-3H3;1-2H3. The van der Waals surface area contributed by atoms with Crippen LogP contribution in [0.3, 0.4) is 0 Å². The monoisotopic (exact) mass is 478 g/mol. The minimum atomic E-state index is -0.877. The van der Waals surface area contributed by atoms with Crippen LogP contribution in [0, 0.1) is 11.8 Å². The molecule has 0 saturated heterocycles. The number of thioether (sulfide) groups is 1. The van der Waals surface area contributed by atoms with Crippen LogP contribution in [0.5, 0.6) is 0 Å². The number of benzene rings is 1. The van der Waals surface area contributed by atoms with Crippen LogP contribution in [0.25, 0.3) is 0 Å². The van der Waals surface area contributed by atoms with Gasteiger partial charge in [0, 0.05) is 23.7 Å². The number of nitrogens with zero attached hydrogens (tertiary/aromatic N) is 1. The lowest BCUT2D eigenvalue weighted by Gasteiger charge is -2.31. The van der Waals surface area contributed by atoms with Gasteiger partial charge in [-0.3, -0.25) is 4.79 Å². The Morgan fingerprint density at radius 2 is 1.58 bits per heavy atom. The van der Waals surface area contributed by atoms with E-state index in [9.17, 15) is 9.90 Å². The number of carboxylic acid groups (broad SMARTS) is 1. The quantitative estimate of drug-likeness (QED) is 0.260. The van der Waals surface area contributed by atoms with E-state index in [0.717, 1.165) is 35.1 Å². The van der Waals surface area contributed by atoms with Gasteiger partial charge >= 0.3 is 5.97 Å². The van der Waals surface area contributed by atoms with Gasteiger partial charge in [0.2, 0.25) is 0 Å². The number of nitrogens with one attached hydrogen (secondary N) is 1. The van der Waals surface area contributed by atoms with Crippen LogP contribution >= 0.6 is 11.8 Å². The maximum atomic E-state index is 11.4. The number of carbonyl (C=O) groups is 1. The van der Waals surface area contributed by atoms with E-state index in [2.05, 4.69) is 70.5 Å². The van der Waals surface area contributed by atoms with Gasteiger partial charge in [-0.2, -0.15) is 0 Å². The van der Waals surface area contributed by atoms with Crippen molar-refractivity contribution in [2.45, 2.75) is 92.7 Å². The van der Waals surface area contributed by atoms with Crippen LogP contribution in [0.2, 0.25) is 0 Å². The van der Waals surface area contributed by atoms with Crippen LogP contribution in [-0.4, -0.2) is 28.9 Å². The van der Waals surface area contributed by atoms with Crippen molar-refractivity contribution in [3.8, 4) is 0 Å². The Morgan fingerprint density at radius 3 is 1.91 bits per heavy atom. The van der Waals surface area contributed by atoms with Crippen molar-refractivity contribution in [3.63, 3.8) is 0 Å². The van der Waals surface area contributed by atoms with Gasteiger partial charge in [-0.25, -0.2) is 0 Å². The van der Waals surface area contributed by atoms with E-state index in [1.807, 2.05) is 39.8 Å². The number of allylic oxidation sites excluding steroid dienone is 3. The molecule has 5 heteroatoms. The molecule has 0 aromatic heterocycles. The molecule has 0 aliphatic carbocycles. The lowest BCUT2D eigenvalue weighted by Crippen LogP contribution is -2.32. The molecule has 0 atom stereocenters. The highest BCUT2D eigenvalue weighted by Crippen LogP contribution is 2.38. The van der Waals surface area contributed by atoms with Crippen LogP contribution < -0.4 is 10.2 Å². The number of anilines is 2.